The first-order valence-electron chi connectivity index (χ1n) is 3.75. The molecule has 16 heteroatoms. The van der Waals surface area contributed by atoms with Gasteiger partial charge in [-0.3, -0.25) is 0 Å². The summed E-state index contributed by atoms with van der Waals surface area (Å²) in [5.74, 6) is 0. The molecule has 10 nitrogen and oxygen atoms in total. The van der Waals surface area contributed by atoms with E-state index < -0.39 is 44.7 Å². The van der Waals surface area contributed by atoms with Crippen LogP contribution in [0.1, 0.15) is 0 Å². The van der Waals surface area contributed by atoms with E-state index in [0.717, 1.165) is 0 Å². The molecule has 0 spiro atoms. The highest BCUT2D eigenvalue weighted by atomic mass is 32.3. The van der Waals surface area contributed by atoms with Crippen LogP contribution in [0.15, 0.2) is 0 Å². The normalized spacial score (nSPS) is 15.4. The van der Waals surface area contributed by atoms with Crippen molar-refractivity contribution in [3.63, 3.8) is 0 Å². The Bertz CT molecular complexity index is 694. The minimum absolute atomic E-state index is 0.178. The molecular formula is C3H8F2N2O8S4. The van der Waals surface area contributed by atoms with E-state index in [-0.39, 0.29) is 12.5 Å². The lowest BCUT2D eigenvalue weighted by molar-refractivity contribution is 0.178. The Morgan fingerprint density at radius 2 is 0.895 bits per heavy atom. The maximum Gasteiger partial charge on any atom is 0.474 e. The SMILES string of the molecule is CS(=O)(=O)NS(=O)(=O)C(F)(F)S(=O)(=O)NS(C)(=O)=O. The standard InChI is InChI=1S/C3H8F2N2O8S4/c1-16(8,9)6-18(12,13)3(4,5)19(14,15)7-17(2,10)11/h6-7H,1-2H3. The zero-order chi connectivity index (χ0) is 15.9. The van der Waals surface area contributed by atoms with Crippen molar-refractivity contribution in [3.05, 3.63) is 0 Å². The second-order valence-electron chi connectivity index (χ2n) is 3.18. The Kier molecular flexibility index (Phi) is 4.74. The second kappa shape index (κ2) is 4.85. The van der Waals surface area contributed by atoms with Gasteiger partial charge in [0.2, 0.25) is 20.0 Å². The average Bonchev–Trinajstić information content (AvgIpc) is 1.92. The van der Waals surface area contributed by atoms with Crippen molar-refractivity contribution in [2.45, 2.75) is 4.59 Å². The molecule has 116 valence electrons. The number of nitrogens with one attached hydrogen (secondary N) is 2. The van der Waals surface area contributed by atoms with Crippen LogP contribution in [0.5, 0.6) is 0 Å². The molecule has 0 aliphatic carbocycles. The third kappa shape index (κ3) is 4.88. The van der Waals surface area contributed by atoms with Gasteiger partial charge in [-0.05, 0) is 0 Å². The van der Waals surface area contributed by atoms with Crippen LogP contribution in [0.3, 0.4) is 0 Å². The molecule has 0 heterocycles. The van der Waals surface area contributed by atoms with Crippen LogP contribution in [0.25, 0.3) is 0 Å². The van der Waals surface area contributed by atoms with Crippen molar-refractivity contribution in [1.29, 1.82) is 0 Å². The van der Waals surface area contributed by atoms with Gasteiger partial charge in [-0.2, -0.15) is 8.78 Å². The molecule has 0 amide bonds. The molecule has 0 atom stereocenters. The maximum absolute atomic E-state index is 13.2. The number of sulfonamides is 4. The van der Waals surface area contributed by atoms with Crippen molar-refractivity contribution < 1.29 is 42.5 Å². The van der Waals surface area contributed by atoms with Crippen molar-refractivity contribution in [3.8, 4) is 0 Å². The van der Waals surface area contributed by atoms with Gasteiger partial charge >= 0.3 is 24.6 Å². The highest BCUT2D eigenvalue weighted by Gasteiger charge is 2.60. The molecule has 0 aromatic rings. The average molecular weight is 366 g/mol. The molecule has 0 unspecified atom stereocenters. The van der Waals surface area contributed by atoms with E-state index in [2.05, 4.69) is 0 Å². The number of halogens is 2. The first kappa shape index (κ1) is 18.6. The van der Waals surface area contributed by atoms with Crippen LogP contribution in [0.4, 0.5) is 8.78 Å². The Hall–Kier alpha value is -0.420. The van der Waals surface area contributed by atoms with E-state index in [1.165, 1.54) is 0 Å². The van der Waals surface area contributed by atoms with Gasteiger partial charge in [0.15, 0.2) is 0 Å². The summed E-state index contributed by atoms with van der Waals surface area (Å²) in [4.78, 5) is 0. The van der Waals surface area contributed by atoms with Crippen molar-refractivity contribution in [2.75, 3.05) is 12.5 Å². The highest BCUT2D eigenvalue weighted by Crippen LogP contribution is 2.27. The molecule has 0 rings (SSSR count). The zero-order valence-electron chi connectivity index (χ0n) is 9.15. The molecule has 19 heavy (non-hydrogen) atoms. The summed E-state index contributed by atoms with van der Waals surface area (Å²) < 4.78 is 107. The second-order valence-corrected chi connectivity index (χ2v) is 10.9. The van der Waals surface area contributed by atoms with Gasteiger partial charge in [0.05, 0.1) is 12.5 Å². The Balaban J connectivity index is 5.89. The Labute approximate surface area is 108 Å². The lowest BCUT2D eigenvalue weighted by Gasteiger charge is -2.16. The number of alkyl halides is 2. The first-order chi connectivity index (χ1) is 7.91. The topological polar surface area (TPSA) is 161 Å². The van der Waals surface area contributed by atoms with Gasteiger partial charge in [0.25, 0.3) is 0 Å². The molecule has 2 N–H and O–H groups in total. The van der Waals surface area contributed by atoms with Crippen LogP contribution in [0, 0.1) is 0 Å². The highest BCUT2D eigenvalue weighted by molar-refractivity contribution is 8.16. The molecule has 0 bridgehead atoms. The third-order valence-electron chi connectivity index (χ3n) is 1.15. The van der Waals surface area contributed by atoms with E-state index in [1.807, 2.05) is 0 Å². The fourth-order valence-electron chi connectivity index (χ4n) is 0.640. The predicted octanol–water partition coefficient (Wildman–Crippen LogP) is -2.71. The van der Waals surface area contributed by atoms with Gasteiger partial charge in [0.1, 0.15) is 0 Å². The summed E-state index contributed by atoms with van der Waals surface area (Å²) in [7, 11) is -21.9. The first-order valence-corrected chi connectivity index (χ1v) is 10.5. The van der Waals surface area contributed by atoms with Crippen LogP contribution in [0.2, 0.25) is 0 Å². The quantitative estimate of drug-likeness (QED) is 0.513. The summed E-state index contributed by atoms with van der Waals surface area (Å²) in [6.45, 7) is 0. The predicted molar refractivity (Wildman–Crippen MR) is 58.7 cm³/mol. The van der Waals surface area contributed by atoms with Crippen molar-refractivity contribution in [2.24, 2.45) is 0 Å². The number of hydrogen-bond acceptors (Lipinski definition) is 8. The van der Waals surface area contributed by atoms with Gasteiger partial charge < -0.3 is 0 Å². The van der Waals surface area contributed by atoms with Gasteiger partial charge in [0, 0.05) is 0 Å². The number of rotatable bonds is 6. The molecule has 0 saturated heterocycles. The lowest BCUT2D eigenvalue weighted by Crippen LogP contribution is -2.52. The minimum Gasteiger partial charge on any atom is -0.212 e. The molecule has 0 aromatic heterocycles. The molecule has 0 saturated carbocycles. The van der Waals surface area contributed by atoms with Gasteiger partial charge in [-0.15, -0.1) is 8.25 Å². The smallest absolute Gasteiger partial charge is 0.212 e. The van der Waals surface area contributed by atoms with E-state index in [9.17, 15) is 42.5 Å². The third-order valence-corrected chi connectivity index (χ3v) is 7.89. The summed E-state index contributed by atoms with van der Waals surface area (Å²) in [6.07, 6.45) is 0.356. The van der Waals surface area contributed by atoms with E-state index in [4.69, 9.17) is 0 Å². The molecule has 0 aliphatic heterocycles. The zero-order valence-corrected chi connectivity index (χ0v) is 12.4. The maximum atomic E-state index is 13.2. The van der Waals surface area contributed by atoms with Crippen LogP contribution < -0.4 is 8.25 Å². The molecule has 0 radical (unpaired) electrons. The molecule has 0 aliphatic rings. The fourth-order valence-corrected chi connectivity index (χ4v) is 6.37. The lowest BCUT2D eigenvalue weighted by atomic mass is 11.6. The fraction of sp³-hybridized carbons (Fsp3) is 1.00. The van der Waals surface area contributed by atoms with Crippen LogP contribution in [-0.2, 0) is 40.1 Å². The van der Waals surface area contributed by atoms with Crippen molar-refractivity contribution >= 4 is 40.1 Å². The summed E-state index contributed by atoms with van der Waals surface area (Å²) in [6, 6.07) is 0. The summed E-state index contributed by atoms with van der Waals surface area (Å²) in [5, 5.41) is 0. The Morgan fingerprint density at radius 1 is 0.684 bits per heavy atom. The molecule has 0 aromatic carbocycles. The largest absolute Gasteiger partial charge is 0.474 e. The minimum atomic E-state index is -6.23. The monoisotopic (exact) mass is 366 g/mol. The van der Waals surface area contributed by atoms with E-state index >= 15 is 0 Å². The Morgan fingerprint density at radius 3 is 1.05 bits per heavy atom. The van der Waals surface area contributed by atoms with Crippen LogP contribution >= 0.6 is 0 Å². The van der Waals surface area contributed by atoms with Gasteiger partial charge in [-0.1, -0.05) is 0 Å². The number of hydrogen-bond donors (Lipinski definition) is 2. The van der Waals surface area contributed by atoms with E-state index in [1.54, 1.807) is 0 Å². The van der Waals surface area contributed by atoms with Gasteiger partial charge in [-0.25, -0.2) is 33.7 Å². The molecule has 0 fully saturated rings. The summed E-state index contributed by atoms with van der Waals surface area (Å²) in [5.41, 5.74) is 0. The van der Waals surface area contributed by atoms with E-state index in [0.29, 0.717) is 8.25 Å². The van der Waals surface area contributed by atoms with Crippen LogP contribution in [-0.4, -0.2) is 50.8 Å². The molecular weight excluding hydrogens is 358 g/mol. The summed E-state index contributed by atoms with van der Waals surface area (Å²) >= 11 is 0. The van der Waals surface area contributed by atoms with Crippen molar-refractivity contribution in [1.82, 2.24) is 8.25 Å².